The molecule has 4 N–H and O–H groups in total. The minimum atomic E-state index is -4.54. The Hall–Kier alpha value is -3.28. The molecule has 0 radical (unpaired) electrons. The lowest BCUT2D eigenvalue weighted by atomic mass is 9.88. The van der Waals surface area contributed by atoms with E-state index in [1.165, 1.54) is 20.8 Å². The first-order valence-electron chi connectivity index (χ1n) is 10.3. The highest BCUT2D eigenvalue weighted by molar-refractivity contribution is 7.89. The van der Waals surface area contributed by atoms with E-state index in [-0.39, 0.29) is 23.0 Å². The van der Waals surface area contributed by atoms with Crippen LogP contribution in [0.2, 0.25) is 5.02 Å². The number of carbonyl (C=O) groups is 2. The number of carboxylic acids is 1. The summed E-state index contributed by atoms with van der Waals surface area (Å²) in [5, 5.41) is 12.1. The van der Waals surface area contributed by atoms with Gasteiger partial charge in [-0.25, -0.2) is 12.8 Å². The van der Waals surface area contributed by atoms with Crippen LogP contribution in [0.15, 0.2) is 52.3 Å². The SMILES string of the molecule is CC(C)(C)C(NS(=O)(=O)c1cc(F)c2[nH]cc(C(=O)NCc3ccc(Cl)cc3)c(=O)c2c1)C(=O)O. The standard InChI is InChI=1S/C23H23ClFN3O6S/c1-23(2,3)20(22(31)32)28-35(33,34)14-8-15-18(17(25)9-14)26-11-16(19(15)29)21(30)27-10-12-4-6-13(24)7-5-12/h4-9,11,20,28H,10H2,1-3H3,(H,26,29)(H,27,30)(H,31,32). The number of aromatic amines is 1. The van der Waals surface area contributed by atoms with Crippen LogP contribution in [0.3, 0.4) is 0 Å². The maximum atomic E-state index is 14.7. The number of hydrogen-bond donors (Lipinski definition) is 4. The number of rotatable bonds is 7. The van der Waals surface area contributed by atoms with Crippen molar-refractivity contribution in [3.63, 3.8) is 0 Å². The van der Waals surface area contributed by atoms with E-state index in [1.54, 1.807) is 24.3 Å². The van der Waals surface area contributed by atoms with Crippen molar-refractivity contribution in [2.75, 3.05) is 0 Å². The molecule has 0 fully saturated rings. The first kappa shape index (κ1) is 26.3. The molecule has 0 saturated heterocycles. The third-order valence-corrected chi connectivity index (χ3v) is 6.88. The second kappa shape index (κ2) is 9.76. The Morgan fingerprint density at radius 2 is 1.80 bits per heavy atom. The molecule has 35 heavy (non-hydrogen) atoms. The third-order valence-electron chi connectivity index (χ3n) is 5.22. The number of nitrogens with one attached hydrogen (secondary N) is 3. The summed E-state index contributed by atoms with van der Waals surface area (Å²) < 4.78 is 42.5. The van der Waals surface area contributed by atoms with Crippen molar-refractivity contribution in [1.29, 1.82) is 0 Å². The number of halogens is 2. The lowest BCUT2D eigenvalue weighted by Gasteiger charge is -2.27. The molecule has 0 aliphatic carbocycles. The van der Waals surface area contributed by atoms with Gasteiger partial charge in [-0.2, -0.15) is 4.72 Å². The van der Waals surface area contributed by atoms with Gasteiger partial charge in [0.25, 0.3) is 5.91 Å². The molecule has 3 aromatic rings. The molecule has 0 spiro atoms. The average molecular weight is 524 g/mol. The monoisotopic (exact) mass is 523 g/mol. The summed E-state index contributed by atoms with van der Waals surface area (Å²) >= 11 is 5.83. The van der Waals surface area contributed by atoms with Crippen LogP contribution in [0.4, 0.5) is 4.39 Å². The third kappa shape index (κ3) is 5.87. The van der Waals surface area contributed by atoms with E-state index in [2.05, 4.69) is 10.3 Å². The number of benzene rings is 2. The number of hydrogen-bond acceptors (Lipinski definition) is 5. The first-order valence-corrected chi connectivity index (χ1v) is 12.2. The molecular formula is C23H23ClFN3O6S. The van der Waals surface area contributed by atoms with Crippen molar-refractivity contribution >= 4 is 44.4 Å². The molecular weight excluding hydrogens is 501 g/mol. The highest BCUT2D eigenvalue weighted by atomic mass is 35.5. The van der Waals surface area contributed by atoms with E-state index in [0.717, 1.165) is 17.8 Å². The molecule has 3 rings (SSSR count). The first-order chi connectivity index (χ1) is 16.2. The fourth-order valence-electron chi connectivity index (χ4n) is 3.29. The Balaban J connectivity index is 1.98. The van der Waals surface area contributed by atoms with Gasteiger partial charge >= 0.3 is 5.97 Å². The van der Waals surface area contributed by atoms with Crippen LogP contribution < -0.4 is 15.5 Å². The van der Waals surface area contributed by atoms with Gasteiger partial charge in [0.15, 0.2) is 0 Å². The van der Waals surface area contributed by atoms with Crippen LogP contribution in [-0.2, 0) is 21.4 Å². The minimum Gasteiger partial charge on any atom is -0.480 e. The van der Waals surface area contributed by atoms with Gasteiger partial charge in [-0.1, -0.05) is 44.5 Å². The van der Waals surface area contributed by atoms with E-state index in [0.29, 0.717) is 11.1 Å². The quantitative estimate of drug-likeness (QED) is 0.374. The Labute approximate surface area is 205 Å². The second-order valence-electron chi connectivity index (χ2n) is 8.93. The number of H-pyrrole nitrogens is 1. The highest BCUT2D eigenvalue weighted by Crippen LogP contribution is 2.24. The maximum absolute atomic E-state index is 14.7. The summed E-state index contributed by atoms with van der Waals surface area (Å²) in [5.74, 6) is -3.23. The van der Waals surface area contributed by atoms with E-state index in [9.17, 15) is 32.3 Å². The predicted octanol–water partition coefficient (Wildman–Crippen LogP) is 3.03. The number of pyridine rings is 1. The summed E-state index contributed by atoms with van der Waals surface area (Å²) in [4.78, 5) is 39.0. The van der Waals surface area contributed by atoms with Gasteiger partial charge in [0.05, 0.1) is 15.8 Å². The van der Waals surface area contributed by atoms with Crippen molar-refractivity contribution in [2.24, 2.45) is 5.41 Å². The average Bonchev–Trinajstić information content (AvgIpc) is 2.76. The fourth-order valence-corrected chi connectivity index (χ4v) is 4.85. The smallest absolute Gasteiger partial charge is 0.322 e. The molecule has 0 aliphatic heterocycles. The van der Waals surface area contributed by atoms with Crippen LogP contribution in [0, 0.1) is 11.2 Å². The largest absolute Gasteiger partial charge is 0.480 e. The van der Waals surface area contributed by atoms with E-state index in [1.807, 2.05) is 4.72 Å². The topological polar surface area (TPSA) is 145 Å². The van der Waals surface area contributed by atoms with Gasteiger partial charge in [0.1, 0.15) is 17.4 Å². The Morgan fingerprint density at radius 3 is 2.37 bits per heavy atom. The lowest BCUT2D eigenvalue weighted by molar-refractivity contribution is -0.141. The molecule has 1 unspecified atom stereocenters. The van der Waals surface area contributed by atoms with Gasteiger partial charge < -0.3 is 15.4 Å². The van der Waals surface area contributed by atoms with Gasteiger partial charge in [0, 0.05) is 17.8 Å². The fraction of sp³-hybridized carbons (Fsp3) is 0.261. The van der Waals surface area contributed by atoms with Gasteiger partial charge in [0.2, 0.25) is 15.5 Å². The Bertz CT molecular complexity index is 1460. The molecule has 1 amide bonds. The molecule has 2 aromatic carbocycles. The molecule has 0 aliphatic rings. The van der Waals surface area contributed by atoms with Crippen LogP contribution in [0.25, 0.3) is 10.9 Å². The lowest BCUT2D eigenvalue weighted by Crippen LogP contribution is -2.48. The zero-order chi connectivity index (χ0) is 26.1. The van der Waals surface area contributed by atoms with Crippen molar-refractivity contribution in [1.82, 2.24) is 15.0 Å². The molecule has 1 atom stereocenters. The molecule has 1 heterocycles. The molecule has 12 heteroatoms. The summed E-state index contributed by atoms with van der Waals surface area (Å²) in [6.07, 6.45) is 1.04. The number of aromatic nitrogens is 1. The van der Waals surface area contributed by atoms with Crippen LogP contribution >= 0.6 is 11.6 Å². The maximum Gasteiger partial charge on any atom is 0.322 e. The van der Waals surface area contributed by atoms with Crippen molar-refractivity contribution < 1.29 is 27.5 Å². The number of sulfonamides is 1. The summed E-state index contributed by atoms with van der Waals surface area (Å²) in [6.45, 7) is 4.66. The normalized spacial score (nSPS) is 12.9. The number of fused-ring (bicyclic) bond motifs is 1. The summed E-state index contributed by atoms with van der Waals surface area (Å²) in [6, 6.07) is 6.70. The van der Waals surface area contributed by atoms with Gasteiger partial charge in [-0.15, -0.1) is 0 Å². The Kier molecular flexibility index (Phi) is 7.34. The van der Waals surface area contributed by atoms with E-state index in [4.69, 9.17) is 11.6 Å². The van der Waals surface area contributed by atoms with Crippen LogP contribution in [-0.4, -0.2) is 36.4 Å². The molecule has 9 nitrogen and oxygen atoms in total. The highest BCUT2D eigenvalue weighted by Gasteiger charge is 2.35. The van der Waals surface area contributed by atoms with Gasteiger partial charge in [-0.05, 0) is 35.2 Å². The number of amides is 1. The second-order valence-corrected chi connectivity index (χ2v) is 11.1. The Morgan fingerprint density at radius 1 is 1.17 bits per heavy atom. The zero-order valence-corrected chi connectivity index (χ0v) is 20.6. The van der Waals surface area contributed by atoms with Crippen LogP contribution in [0.1, 0.15) is 36.7 Å². The van der Waals surface area contributed by atoms with Crippen molar-refractivity contribution in [3.8, 4) is 0 Å². The number of carbonyl (C=O) groups excluding carboxylic acids is 1. The number of carboxylic acid groups (broad SMARTS) is 1. The van der Waals surface area contributed by atoms with E-state index >= 15 is 0 Å². The minimum absolute atomic E-state index is 0.0869. The summed E-state index contributed by atoms with van der Waals surface area (Å²) in [5.41, 5.74) is -1.83. The molecule has 0 saturated carbocycles. The zero-order valence-electron chi connectivity index (χ0n) is 19.0. The number of aliphatic carboxylic acids is 1. The van der Waals surface area contributed by atoms with Gasteiger partial charge in [-0.3, -0.25) is 14.4 Å². The summed E-state index contributed by atoms with van der Waals surface area (Å²) in [7, 11) is -4.54. The molecule has 186 valence electrons. The molecule has 0 bridgehead atoms. The predicted molar refractivity (Wildman–Crippen MR) is 128 cm³/mol. The molecule has 1 aromatic heterocycles. The van der Waals surface area contributed by atoms with Crippen LogP contribution in [0.5, 0.6) is 0 Å². The van der Waals surface area contributed by atoms with Crippen molar-refractivity contribution in [2.45, 2.75) is 38.3 Å². The van der Waals surface area contributed by atoms with E-state index < -0.39 is 49.5 Å². The van der Waals surface area contributed by atoms with Crippen molar-refractivity contribution in [3.05, 3.63) is 74.8 Å².